The van der Waals surface area contributed by atoms with E-state index in [1.165, 1.54) is 0 Å². The zero-order valence-electron chi connectivity index (χ0n) is 12.1. The maximum atomic E-state index is 6.41. The largest absolute Gasteiger partial charge is 0.495 e. The van der Waals surface area contributed by atoms with Gasteiger partial charge in [-0.1, -0.05) is 13.8 Å². The number of aromatic nitrogens is 1. The molecule has 1 atom stereocenters. The summed E-state index contributed by atoms with van der Waals surface area (Å²) in [5.41, 5.74) is 7.30. The Morgan fingerprint density at radius 3 is 2.44 bits per heavy atom. The lowest BCUT2D eigenvalue weighted by molar-refractivity contribution is 0.106. The van der Waals surface area contributed by atoms with Crippen molar-refractivity contribution in [3.63, 3.8) is 0 Å². The summed E-state index contributed by atoms with van der Waals surface area (Å²) >= 11 is 0. The summed E-state index contributed by atoms with van der Waals surface area (Å²) in [5.74, 6) is 0.748. The molecule has 4 heteroatoms. The Kier molecular flexibility index (Phi) is 5.11. The number of hydrogen-bond donors (Lipinski definition) is 1. The maximum absolute atomic E-state index is 6.41. The number of rotatable bonds is 6. The zero-order chi connectivity index (χ0) is 13.8. The minimum atomic E-state index is -0.114. The molecule has 0 fully saturated rings. The Bertz CT molecular complexity index is 375. The predicted molar refractivity (Wildman–Crippen MR) is 74.7 cm³/mol. The van der Waals surface area contributed by atoms with E-state index in [1.54, 1.807) is 13.3 Å². The number of hydrogen-bond acceptors (Lipinski definition) is 4. The Morgan fingerprint density at radius 2 is 1.94 bits per heavy atom. The van der Waals surface area contributed by atoms with Gasteiger partial charge in [-0.05, 0) is 38.6 Å². The molecule has 18 heavy (non-hydrogen) atoms. The Morgan fingerprint density at radius 1 is 1.33 bits per heavy atom. The quantitative estimate of drug-likeness (QED) is 0.842. The molecule has 0 bridgehead atoms. The molecule has 0 spiro atoms. The standard InChI is InChI=1S/C14H25N3O/c1-6-17(7-2)14(3,4)13(15)11-8-12(18-5)10-16-9-11/h8-10,13H,6-7,15H2,1-5H3. The van der Waals surface area contributed by atoms with Gasteiger partial charge in [0.15, 0.2) is 0 Å². The minimum absolute atomic E-state index is 0.0972. The lowest BCUT2D eigenvalue weighted by Gasteiger charge is -2.41. The SMILES string of the molecule is CCN(CC)C(C)(C)C(N)c1cncc(OC)c1. The topological polar surface area (TPSA) is 51.4 Å². The maximum Gasteiger partial charge on any atom is 0.137 e. The second-order valence-electron chi connectivity index (χ2n) is 4.96. The van der Waals surface area contributed by atoms with Gasteiger partial charge in [-0.3, -0.25) is 9.88 Å². The predicted octanol–water partition coefficient (Wildman–Crippen LogP) is 2.21. The number of nitrogens with zero attached hydrogens (tertiary/aromatic N) is 2. The molecule has 0 amide bonds. The first-order valence-electron chi connectivity index (χ1n) is 6.46. The molecule has 1 aromatic rings. The van der Waals surface area contributed by atoms with Gasteiger partial charge in [0.05, 0.1) is 13.3 Å². The molecule has 4 nitrogen and oxygen atoms in total. The van der Waals surface area contributed by atoms with Crippen LogP contribution in [0.1, 0.15) is 39.3 Å². The molecule has 1 aromatic heterocycles. The van der Waals surface area contributed by atoms with Gasteiger partial charge in [0, 0.05) is 17.8 Å². The summed E-state index contributed by atoms with van der Waals surface area (Å²) < 4.78 is 5.20. The van der Waals surface area contributed by atoms with Crippen molar-refractivity contribution in [2.24, 2.45) is 5.73 Å². The Hall–Kier alpha value is -1.13. The van der Waals surface area contributed by atoms with E-state index in [-0.39, 0.29) is 11.6 Å². The van der Waals surface area contributed by atoms with Crippen LogP contribution in [0.5, 0.6) is 5.75 Å². The monoisotopic (exact) mass is 251 g/mol. The molecule has 102 valence electrons. The summed E-state index contributed by atoms with van der Waals surface area (Å²) in [4.78, 5) is 6.54. The molecule has 0 saturated heterocycles. The number of methoxy groups -OCH3 is 1. The van der Waals surface area contributed by atoms with Crippen LogP contribution >= 0.6 is 0 Å². The summed E-state index contributed by atoms with van der Waals surface area (Å²) in [6, 6.07) is 1.86. The number of likely N-dealkylation sites (N-methyl/N-ethyl adjacent to an activating group) is 1. The van der Waals surface area contributed by atoms with Crippen molar-refractivity contribution < 1.29 is 4.74 Å². The second-order valence-corrected chi connectivity index (χ2v) is 4.96. The van der Waals surface area contributed by atoms with E-state index in [9.17, 15) is 0 Å². The van der Waals surface area contributed by atoms with Crippen molar-refractivity contribution in [3.05, 3.63) is 24.0 Å². The van der Waals surface area contributed by atoms with Crippen molar-refractivity contribution in [1.82, 2.24) is 9.88 Å². The fourth-order valence-corrected chi connectivity index (χ4v) is 2.36. The fourth-order valence-electron chi connectivity index (χ4n) is 2.36. The van der Waals surface area contributed by atoms with E-state index in [4.69, 9.17) is 10.5 Å². The van der Waals surface area contributed by atoms with Crippen LogP contribution in [0.15, 0.2) is 18.5 Å². The summed E-state index contributed by atoms with van der Waals surface area (Å²) in [6.07, 6.45) is 3.51. The van der Waals surface area contributed by atoms with E-state index in [0.29, 0.717) is 0 Å². The van der Waals surface area contributed by atoms with Crippen LogP contribution in [0.4, 0.5) is 0 Å². The molecule has 1 heterocycles. The van der Waals surface area contributed by atoms with Crippen LogP contribution in [-0.4, -0.2) is 35.6 Å². The van der Waals surface area contributed by atoms with E-state index in [1.807, 2.05) is 12.3 Å². The van der Waals surface area contributed by atoms with Crippen LogP contribution in [0.25, 0.3) is 0 Å². The van der Waals surface area contributed by atoms with Gasteiger partial charge in [0.25, 0.3) is 0 Å². The molecule has 1 unspecified atom stereocenters. The van der Waals surface area contributed by atoms with Crippen molar-refractivity contribution >= 4 is 0 Å². The third kappa shape index (κ3) is 3.00. The highest BCUT2D eigenvalue weighted by molar-refractivity contribution is 5.27. The highest BCUT2D eigenvalue weighted by Crippen LogP contribution is 2.29. The van der Waals surface area contributed by atoms with Crippen molar-refractivity contribution in [3.8, 4) is 5.75 Å². The average Bonchev–Trinajstić information content (AvgIpc) is 2.39. The van der Waals surface area contributed by atoms with Crippen molar-refractivity contribution in [1.29, 1.82) is 0 Å². The van der Waals surface area contributed by atoms with Gasteiger partial charge >= 0.3 is 0 Å². The van der Waals surface area contributed by atoms with Gasteiger partial charge in [-0.15, -0.1) is 0 Å². The third-order valence-corrected chi connectivity index (χ3v) is 3.67. The van der Waals surface area contributed by atoms with Gasteiger partial charge in [0.1, 0.15) is 5.75 Å². The van der Waals surface area contributed by atoms with Gasteiger partial charge in [-0.2, -0.15) is 0 Å². The smallest absolute Gasteiger partial charge is 0.137 e. The molecular weight excluding hydrogens is 226 g/mol. The Labute approximate surface area is 110 Å². The van der Waals surface area contributed by atoms with Crippen molar-refractivity contribution in [2.45, 2.75) is 39.3 Å². The second kappa shape index (κ2) is 6.16. The molecule has 0 aliphatic carbocycles. The molecule has 1 rings (SSSR count). The first-order valence-corrected chi connectivity index (χ1v) is 6.46. The Balaban J connectivity index is 3.00. The summed E-state index contributed by atoms with van der Waals surface area (Å²) in [6.45, 7) is 10.6. The van der Waals surface area contributed by atoms with Crippen LogP contribution < -0.4 is 10.5 Å². The van der Waals surface area contributed by atoms with Crippen molar-refractivity contribution in [2.75, 3.05) is 20.2 Å². The first kappa shape index (κ1) is 14.9. The van der Waals surface area contributed by atoms with Gasteiger partial charge < -0.3 is 10.5 Å². The van der Waals surface area contributed by atoms with Crippen LogP contribution in [-0.2, 0) is 0 Å². The van der Waals surface area contributed by atoms with E-state index < -0.39 is 0 Å². The molecule has 0 aliphatic heterocycles. The fraction of sp³-hybridized carbons (Fsp3) is 0.643. The van der Waals surface area contributed by atoms with Crippen LogP contribution in [0.2, 0.25) is 0 Å². The van der Waals surface area contributed by atoms with E-state index in [0.717, 1.165) is 24.4 Å². The van der Waals surface area contributed by atoms with E-state index in [2.05, 4.69) is 37.6 Å². The number of pyridine rings is 1. The first-order chi connectivity index (χ1) is 8.47. The van der Waals surface area contributed by atoms with Gasteiger partial charge in [0.2, 0.25) is 0 Å². The lowest BCUT2D eigenvalue weighted by Crippen LogP contribution is -2.51. The molecular formula is C14H25N3O. The number of nitrogens with two attached hydrogens (primary N) is 1. The summed E-state index contributed by atoms with van der Waals surface area (Å²) in [5, 5.41) is 0. The molecule has 0 aliphatic rings. The van der Waals surface area contributed by atoms with Gasteiger partial charge in [-0.25, -0.2) is 0 Å². The highest BCUT2D eigenvalue weighted by atomic mass is 16.5. The molecule has 0 saturated carbocycles. The van der Waals surface area contributed by atoms with E-state index >= 15 is 0 Å². The van der Waals surface area contributed by atoms with Crippen LogP contribution in [0, 0.1) is 0 Å². The normalized spacial score (nSPS) is 13.7. The highest BCUT2D eigenvalue weighted by Gasteiger charge is 2.32. The lowest BCUT2D eigenvalue weighted by atomic mass is 9.88. The molecule has 2 N–H and O–H groups in total. The molecule has 0 radical (unpaired) electrons. The number of ether oxygens (including phenoxy) is 1. The minimum Gasteiger partial charge on any atom is -0.495 e. The van der Waals surface area contributed by atoms with Crippen LogP contribution in [0.3, 0.4) is 0 Å². The summed E-state index contributed by atoms with van der Waals surface area (Å²) in [7, 11) is 1.64. The molecule has 0 aromatic carbocycles. The third-order valence-electron chi connectivity index (χ3n) is 3.67. The average molecular weight is 251 g/mol. The zero-order valence-corrected chi connectivity index (χ0v) is 12.1.